The highest BCUT2D eigenvalue weighted by Gasteiger charge is 2.35. The Morgan fingerprint density at radius 3 is 2.28 bits per heavy atom. The molecule has 0 fully saturated rings. The summed E-state index contributed by atoms with van der Waals surface area (Å²) in [6.45, 7) is -0.962. The van der Waals surface area contributed by atoms with Gasteiger partial charge in [0.25, 0.3) is 12.1 Å². The van der Waals surface area contributed by atoms with Gasteiger partial charge in [-0.25, -0.2) is 8.78 Å². The molecule has 0 radical (unpaired) electrons. The highest BCUT2D eigenvalue weighted by atomic mass is 19.4. The van der Waals surface area contributed by atoms with Crippen LogP contribution < -0.4 is 4.90 Å². The predicted molar refractivity (Wildman–Crippen MR) is 94.0 cm³/mol. The highest BCUT2D eigenvalue weighted by molar-refractivity contribution is 5.55. The Hall–Kier alpha value is -3.15. The van der Waals surface area contributed by atoms with Crippen LogP contribution in [0.1, 0.15) is 5.56 Å². The fourth-order valence-corrected chi connectivity index (χ4v) is 2.41. The van der Waals surface area contributed by atoms with Crippen LogP contribution in [0.2, 0.25) is 0 Å². The van der Waals surface area contributed by atoms with Gasteiger partial charge in [0, 0.05) is 24.4 Å². The molecule has 0 unspecified atom stereocenters. The number of aliphatic hydroxyl groups is 1. The number of hydrogen-bond donors (Lipinski definition) is 1. The molecular formula is C17H15F5N4O3. The molecule has 156 valence electrons. The van der Waals surface area contributed by atoms with Crippen molar-refractivity contribution in [3.8, 4) is 0 Å². The van der Waals surface area contributed by atoms with Gasteiger partial charge < -0.3 is 10.0 Å². The zero-order chi connectivity index (χ0) is 21.6. The molecule has 12 heteroatoms. The number of nitro benzene ring substituents is 1. The van der Waals surface area contributed by atoms with Crippen LogP contribution in [-0.2, 0) is 6.18 Å². The SMILES string of the molecule is O=[N+]([O-])c1ccc(N=Nc2ccc(N(CCO)CC(F)F)cc2)c(C(F)(F)F)c1. The Morgan fingerprint density at radius 2 is 1.76 bits per heavy atom. The number of hydrogen-bond acceptors (Lipinski definition) is 6. The van der Waals surface area contributed by atoms with E-state index >= 15 is 0 Å². The van der Waals surface area contributed by atoms with Crippen molar-refractivity contribution in [2.24, 2.45) is 10.2 Å². The number of rotatable bonds is 8. The Morgan fingerprint density at radius 1 is 1.10 bits per heavy atom. The zero-order valence-electron chi connectivity index (χ0n) is 14.7. The van der Waals surface area contributed by atoms with Crippen LogP contribution in [0.4, 0.5) is 44.7 Å². The highest BCUT2D eigenvalue weighted by Crippen LogP contribution is 2.39. The molecule has 0 atom stereocenters. The lowest BCUT2D eigenvalue weighted by Gasteiger charge is -2.23. The van der Waals surface area contributed by atoms with Gasteiger partial charge in [0.1, 0.15) is 0 Å². The molecule has 0 aliphatic rings. The molecule has 2 aromatic rings. The van der Waals surface area contributed by atoms with E-state index in [9.17, 15) is 32.1 Å². The monoisotopic (exact) mass is 418 g/mol. The lowest BCUT2D eigenvalue weighted by molar-refractivity contribution is -0.385. The minimum atomic E-state index is -4.87. The first kappa shape index (κ1) is 22.1. The van der Waals surface area contributed by atoms with Crippen molar-refractivity contribution in [3.63, 3.8) is 0 Å². The number of nitro groups is 1. The first-order valence-electron chi connectivity index (χ1n) is 8.13. The Bertz CT molecular complexity index is 872. The summed E-state index contributed by atoms with van der Waals surface area (Å²) >= 11 is 0. The van der Waals surface area contributed by atoms with E-state index in [2.05, 4.69) is 10.2 Å². The molecule has 0 saturated heterocycles. The van der Waals surface area contributed by atoms with Crippen molar-refractivity contribution in [1.82, 2.24) is 0 Å². The third kappa shape index (κ3) is 6.17. The number of non-ortho nitro benzene ring substituents is 1. The van der Waals surface area contributed by atoms with Crippen LogP contribution in [0.25, 0.3) is 0 Å². The molecule has 2 aromatic carbocycles. The van der Waals surface area contributed by atoms with Crippen molar-refractivity contribution >= 4 is 22.7 Å². The van der Waals surface area contributed by atoms with E-state index in [0.717, 1.165) is 12.1 Å². The van der Waals surface area contributed by atoms with E-state index in [0.29, 0.717) is 11.8 Å². The van der Waals surface area contributed by atoms with Crippen LogP contribution in [0, 0.1) is 10.1 Å². The molecule has 0 saturated carbocycles. The molecule has 0 aliphatic carbocycles. The minimum absolute atomic E-state index is 0.0249. The lowest BCUT2D eigenvalue weighted by Crippen LogP contribution is -2.31. The summed E-state index contributed by atoms with van der Waals surface area (Å²) < 4.78 is 64.6. The number of halogens is 5. The van der Waals surface area contributed by atoms with E-state index in [1.807, 2.05) is 0 Å². The quantitative estimate of drug-likeness (QED) is 0.280. The van der Waals surface area contributed by atoms with Gasteiger partial charge in [-0.1, -0.05) is 0 Å². The maximum absolute atomic E-state index is 13.1. The van der Waals surface area contributed by atoms with Gasteiger partial charge in [-0.2, -0.15) is 18.3 Å². The van der Waals surface area contributed by atoms with E-state index < -0.39 is 41.0 Å². The van der Waals surface area contributed by atoms with Crippen molar-refractivity contribution in [3.05, 3.63) is 58.1 Å². The molecule has 7 nitrogen and oxygen atoms in total. The molecular weight excluding hydrogens is 403 g/mol. The molecule has 0 aromatic heterocycles. The third-order valence-electron chi connectivity index (χ3n) is 3.71. The molecule has 0 spiro atoms. The van der Waals surface area contributed by atoms with Gasteiger partial charge in [-0.15, -0.1) is 5.11 Å². The number of nitrogens with zero attached hydrogens (tertiary/aromatic N) is 4. The van der Waals surface area contributed by atoms with Gasteiger partial charge in [-0.05, 0) is 30.3 Å². The standard InChI is InChI=1S/C17H15F5N4O3/c18-16(19)10-25(7-8-27)12-3-1-11(2-4-12)23-24-15-6-5-13(26(28)29)9-14(15)17(20,21)22/h1-6,9,16,27H,7-8,10H2. The van der Waals surface area contributed by atoms with Gasteiger partial charge >= 0.3 is 6.18 Å². The normalized spacial score (nSPS) is 12.0. The average Bonchev–Trinajstić information content (AvgIpc) is 2.65. The summed E-state index contributed by atoms with van der Waals surface area (Å²) in [6.07, 6.45) is -7.49. The van der Waals surface area contributed by atoms with Crippen molar-refractivity contribution < 1.29 is 32.0 Å². The van der Waals surface area contributed by atoms with E-state index in [1.54, 1.807) is 0 Å². The Labute approximate surface area is 161 Å². The van der Waals surface area contributed by atoms with Crippen molar-refractivity contribution in [2.75, 3.05) is 24.6 Å². The minimum Gasteiger partial charge on any atom is -0.395 e. The summed E-state index contributed by atoms with van der Waals surface area (Å²) in [5.41, 5.74) is -2.14. The number of alkyl halides is 5. The van der Waals surface area contributed by atoms with E-state index in [4.69, 9.17) is 5.11 Å². The second-order valence-corrected chi connectivity index (χ2v) is 5.73. The van der Waals surface area contributed by atoms with E-state index in [-0.39, 0.29) is 18.8 Å². The summed E-state index contributed by atoms with van der Waals surface area (Å²) in [6, 6.07) is 7.61. The number of benzene rings is 2. The maximum Gasteiger partial charge on any atom is 0.418 e. The fraction of sp³-hybridized carbons (Fsp3) is 0.294. The average molecular weight is 418 g/mol. The molecule has 0 bridgehead atoms. The Kier molecular flexibility index (Phi) is 7.15. The van der Waals surface area contributed by atoms with Crippen LogP contribution >= 0.6 is 0 Å². The van der Waals surface area contributed by atoms with Crippen LogP contribution in [0.5, 0.6) is 0 Å². The first-order valence-corrected chi connectivity index (χ1v) is 8.13. The van der Waals surface area contributed by atoms with Gasteiger partial charge in [0.05, 0.1) is 35.0 Å². The fourth-order valence-electron chi connectivity index (χ4n) is 2.41. The number of azo groups is 1. The zero-order valence-corrected chi connectivity index (χ0v) is 14.7. The summed E-state index contributed by atoms with van der Waals surface area (Å²) in [4.78, 5) is 11.0. The summed E-state index contributed by atoms with van der Waals surface area (Å²) in [5, 5.41) is 26.8. The number of aliphatic hydroxyl groups excluding tert-OH is 1. The molecule has 1 N–H and O–H groups in total. The number of anilines is 1. The van der Waals surface area contributed by atoms with Crippen molar-refractivity contribution in [1.29, 1.82) is 0 Å². The van der Waals surface area contributed by atoms with Crippen molar-refractivity contribution in [2.45, 2.75) is 12.6 Å². The van der Waals surface area contributed by atoms with Crippen LogP contribution in [0.15, 0.2) is 52.7 Å². The topological polar surface area (TPSA) is 91.3 Å². The molecule has 29 heavy (non-hydrogen) atoms. The largest absolute Gasteiger partial charge is 0.418 e. The lowest BCUT2D eigenvalue weighted by atomic mass is 10.1. The molecule has 2 rings (SSSR count). The maximum atomic E-state index is 13.1. The van der Waals surface area contributed by atoms with E-state index in [1.165, 1.54) is 29.2 Å². The second kappa shape index (κ2) is 9.37. The van der Waals surface area contributed by atoms with Gasteiger partial charge in [0.2, 0.25) is 0 Å². The van der Waals surface area contributed by atoms with Crippen LogP contribution in [0.3, 0.4) is 0 Å². The van der Waals surface area contributed by atoms with Gasteiger partial charge in [0.15, 0.2) is 0 Å². The summed E-state index contributed by atoms with van der Waals surface area (Å²) in [7, 11) is 0. The smallest absolute Gasteiger partial charge is 0.395 e. The second-order valence-electron chi connectivity index (χ2n) is 5.73. The first-order chi connectivity index (χ1) is 13.6. The predicted octanol–water partition coefficient (Wildman–Crippen LogP) is 5.09. The molecule has 0 heterocycles. The van der Waals surface area contributed by atoms with Crippen LogP contribution in [-0.4, -0.2) is 36.2 Å². The Balaban J connectivity index is 2.27. The third-order valence-corrected chi connectivity index (χ3v) is 3.71. The molecule has 0 amide bonds. The summed E-state index contributed by atoms with van der Waals surface area (Å²) in [5.74, 6) is 0. The molecule has 0 aliphatic heterocycles. The van der Waals surface area contributed by atoms with Gasteiger partial charge in [-0.3, -0.25) is 10.1 Å².